The molecule has 0 fully saturated rings. The quantitative estimate of drug-likeness (QED) is 0.348. The first-order valence-corrected chi connectivity index (χ1v) is 3.81. The summed E-state index contributed by atoms with van der Waals surface area (Å²) < 4.78 is 0.883. The fraction of sp³-hybridized carbons (Fsp3) is 0.667. The zero-order chi connectivity index (χ0) is 8.15. The van der Waals surface area contributed by atoms with Crippen LogP contribution in [0.25, 0.3) is 0 Å². The molecule has 0 aliphatic rings. The van der Waals surface area contributed by atoms with E-state index in [1.54, 1.807) is 6.34 Å². The maximum atomic E-state index is 4.11. The molecule has 3 nitrogen and oxygen atoms in total. The van der Waals surface area contributed by atoms with Gasteiger partial charge in [0.25, 0.3) is 0 Å². The van der Waals surface area contributed by atoms with Crippen molar-refractivity contribution in [2.75, 3.05) is 28.2 Å². The molecule has 0 spiro atoms. The molecular formula is C6H13N3Se. The maximum absolute atomic E-state index is 4.11. The number of aliphatic imine (C=N–C) groups is 1. The third-order valence-corrected chi connectivity index (χ3v) is 1.77. The molecule has 0 radical (unpaired) electrons. The van der Waals surface area contributed by atoms with Crippen molar-refractivity contribution in [2.24, 2.45) is 4.99 Å². The summed E-state index contributed by atoms with van der Waals surface area (Å²) in [6.45, 7) is 0. The molecule has 0 aromatic heterocycles. The van der Waals surface area contributed by atoms with Crippen LogP contribution in [0.1, 0.15) is 0 Å². The van der Waals surface area contributed by atoms with Crippen LogP contribution in [-0.4, -0.2) is 64.6 Å². The van der Waals surface area contributed by atoms with Gasteiger partial charge in [0, 0.05) is 0 Å². The van der Waals surface area contributed by atoms with Crippen LogP contribution in [0.4, 0.5) is 0 Å². The molecule has 0 unspecified atom stereocenters. The summed E-state index contributed by atoms with van der Waals surface area (Å²) in [4.78, 5) is 7.92. The minimum absolute atomic E-state index is 0.883. The van der Waals surface area contributed by atoms with Crippen LogP contribution in [0.2, 0.25) is 0 Å². The Balaban J connectivity index is 3.79. The van der Waals surface area contributed by atoms with Gasteiger partial charge in [0.2, 0.25) is 0 Å². The molecule has 10 heavy (non-hydrogen) atoms. The van der Waals surface area contributed by atoms with Gasteiger partial charge >= 0.3 is 69.6 Å². The van der Waals surface area contributed by atoms with Gasteiger partial charge in [-0.15, -0.1) is 0 Å². The van der Waals surface area contributed by atoms with Crippen molar-refractivity contribution in [3.63, 3.8) is 0 Å². The average molecular weight is 206 g/mol. The Kier molecular flexibility index (Phi) is 4.32. The van der Waals surface area contributed by atoms with Gasteiger partial charge in [-0.2, -0.15) is 0 Å². The second-order valence-electron chi connectivity index (χ2n) is 2.39. The van der Waals surface area contributed by atoms with Crippen LogP contribution in [-0.2, 0) is 0 Å². The van der Waals surface area contributed by atoms with Crippen LogP contribution < -0.4 is 0 Å². The monoisotopic (exact) mass is 207 g/mol. The van der Waals surface area contributed by atoms with Gasteiger partial charge in [-0.3, -0.25) is 0 Å². The summed E-state index contributed by atoms with van der Waals surface area (Å²) in [5.74, 6) is 0. The molecule has 0 rings (SSSR count). The van der Waals surface area contributed by atoms with Crippen molar-refractivity contribution in [3.05, 3.63) is 0 Å². The summed E-state index contributed by atoms with van der Waals surface area (Å²) in [6, 6.07) is 0. The van der Waals surface area contributed by atoms with E-state index in [1.807, 2.05) is 38.0 Å². The molecule has 0 aromatic rings. The van der Waals surface area contributed by atoms with Crippen LogP contribution in [0, 0.1) is 0 Å². The molecule has 4 heteroatoms. The summed E-state index contributed by atoms with van der Waals surface area (Å²) in [5, 5.41) is 0. The third-order valence-electron chi connectivity index (χ3n) is 0.782. The van der Waals surface area contributed by atoms with Gasteiger partial charge in [-0.25, -0.2) is 0 Å². The molecular weight excluding hydrogens is 193 g/mol. The standard InChI is InChI=1S/C6H13N3Se/c1-8(2)5-7-6(10)9(3)4/h5H,1-4H3. The Bertz CT molecular complexity index is 140. The predicted octanol–water partition coefficient (Wildman–Crippen LogP) is -0.606. The van der Waals surface area contributed by atoms with Gasteiger partial charge in [0.05, 0.1) is 0 Å². The van der Waals surface area contributed by atoms with E-state index in [9.17, 15) is 0 Å². The average Bonchev–Trinajstić information content (AvgIpc) is 1.82. The Morgan fingerprint density at radius 2 is 1.80 bits per heavy atom. The fourth-order valence-corrected chi connectivity index (χ4v) is 0.379. The number of rotatable bonds is 3. The second-order valence-corrected chi connectivity index (χ2v) is 3.15. The van der Waals surface area contributed by atoms with Crippen molar-refractivity contribution in [3.8, 4) is 0 Å². The molecule has 0 aromatic carbocycles. The van der Waals surface area contributed by atoms with E-state index in [1.165, 1.54) is 0 Å². The van der Waals surface area contributed by atoms with Gasteiger partial charge in [-0.1, -0.05) is 0 Å². The minimum atomic E-state index is 0.883. The van der Waals surface area contributed by atoms with E-state index in [4.69, 9.17) is 0 Å². The van der Waals surface area contributed by atoms with Crippen molar-refractivity contribution in [1.29, 1.82) is 0 Å². The predicted molar refractivity (Wildman–Crippen MR) is 46.6 cm³/mol. The first-order valence-electron chi connectivity index (χ1n) is 2.96. The van der Waals surface area contributed by atoms with E-state index >= 15 is 0 Å². The van der Waals surface area contributed by atoms with Crippen LogP contribution in [0.5, 0.6) is 0 Å². The number of nitrogens with zero attached hydrogens (tertiary/aromatic N) is 3. The SMILES string of the molecule is CN(C)C=NC(=[Se])N(C)C. The van der Waals surface area contributed by atoms with E-state index in [0.717, 1.165) is 4.67 Å². The molecule has 0 bridgehead atoms. The first-order chi connectivity index (χ1) is 4.54. The Morgan fingerprint density at radius 1 is 1.30 bits per heavy atom. The van der Waals surface area contributed by atoms with E-state index in [2.05, 4.69) is 20.6 Å². The van der Waals surface area contributed by atoms with E-state index in [0.29, 0.717) is 0 Å². The fourth-order valence-electron chi connectivity index (χ4n) is 0.280. The number of hydrogen-bond acceptors (Lipinski definition) is 2. The summed E-state index contributed by atoms with van der Waals surface area (Å²) in [5.41, 5.74) is 0. The second kappa shape index (κ2) is 4.47. The Morgan fingerprint density at radius 3 is 2.10 bits per heavy atom. The molecule has 0 N–H and O–H groups in total. The normalized spacial score (nSPS) is 10.0. The molecule has 0 amide bonds. The molecule has 58 valence electrons. The van der Waals surface area contributed by atoms with Crippen molar-refractivity contribution >= 4 is 26.6 Å². The van der Waals surface area contributed by atoms with E-state index < -0.39 is 0 Å². The molecule has 0 saturated heterocycles. The zero-order valence-electron chi connectivity index (χ0n) is 6.83. The third kappa shape index (κ3) is 4.53. The van der Waals surface area contributed by atoms with Crippen LogP contribution in [0.15, 0.2) is 4.99 Å². The van der Waals surface area contributed by atoms with Gasteiger partial charge in [0.1, 0.15) is 0 Å². The molecule has 0 aliphatic carbocycles. The van der Waals surface area contributed by atoms with Crippen molar-refractivity contribution in [2.45, 2.75) is 0 Å². The number of hydrogen-bond donors (Lipinski definition) is 0. The van der Waals surface area contributed by atoms with Crippen molar-refractivity contribution in [1.82, 2.24) is 9.80 Å². The molecule has 0 atom stereocenters. The first kappa shape index (κ1) is 9.66. The molecule has 0 aliphatic heterocycles. The van der Waals surface area contributed by atoms with Gasteiger partial charge in [0.15, 0.2) is 0 Å². The Labute approximate surface area is 70.1 Å². The van der Waals surface area contributed by atoms with Gasteiger partial charge in [-0.05, 0) is 0 Å². The molecule has 0 saturated carbocycles. The van der Waals surface area contributed by atoms with Crippen LogP contribution >= 0.6 is 0 Å². The van der Waals surface area contributed by atoms with Crippen LogP contribution in [0.3, 0.4) is 0 Å². The van der Waals surface area contributed by atoms with Crippen molar-refractivity contribution < 1.29 is 0 Å². The van der Waals surface area contributed by atoms with Gasteiger partial charge < -0.3 is 0 Å². The van der Waals surface area contributed by atoms with E-state index in [-0.39, 0.29) is 0 Å². The summed E-state index contributed by atoms with van der Waals surface area (Å²) in [7, 11) is 7.76. The topological polar surface area (TPSA) is 18.8 Å². The summed E-state index contributed by atoms with van der Waals surface area (Å²) in [6.07, 6.45) is 1.76. The molecule has 0 heterocycles. The Hall–Kier alpha value is -0.341. The zero-order valence-corrected chi connectivity index (χ0v) is 8.54. The summed E-state index contributed by atoms with van der Waals surface area (Å²) >= 11 is 2.85.